The van der Waals surface area contributed by atoms with Gasteiger partial charge < -0.3 is 11.1 Å². The Bertz CT molecular complexity index is 404. The fraction of sp³-hybridized carbons (Fsp3) is 0.417. The zero-order valence-electron chi connectivity index (χ0n) is 10.1. The summed E-state index contributed by atoms with van der Waals surface area (Å²) in [7, 11) is 0. The van der Waals surface area contributed by atoms with Crippen LogP contribution in [0.4, 0.5) is 11.4 Å². The molecule has 0 atom stereocenters. The molecule has 0 aromatic heterocycles. The van der Waals surface area contributed by atoms with Gasteiger partial charge in [-0.3, -0.25) is 4.79 Å². The van der Waals surface area contributed by atoms with E-state index in [-0.39, 0.29) is 5.91 Å². The summed E-state index contributed by atoms with van der Waals surface area (Å²) in [6.07, 6.45) is 1.31. The van der Waals surface area contributed by atoms with E-state index in [1.807, 2.05) is 11.8 Å². The van der Waals surface area contributed by atoms with Crippen LogP contribution in [0.5, 0.6) is 0 Å². The van der Waals surface area contributed by atoms with Crippen molar-refractivity contribution >= 4 is 52.2 Å². The van der Waals surface area contributed by atoms with Crippen LogP contribution in [0.3, 0.4) is 0 Å². The molecule has 3 N–H and O–H groups in total. The van der Waals surface area contributed by atoms with Crippen molar-refractivity contribution in [3.05, 3.63) is 22.2 Å². The maximum Gasteiger partial charge on any atom is 0.224 e. The third-order valence-corrected chi connectivity index (χ3v) is 3.75. The maximum atomic E-state index is 11.7. The van der Waals surface area contributed by atoms with Crippen LogP contribution in [0, 0.1) is 0 Å². The third kappa shape index (κ3) is 4.96. The van der Waals surface area contributed by atoms with E-state index in [1.165, 1.54) is 0 Å². The quantitative estimate of drug-likeness (QED) is 0.616. The van der Waals surface area contributed by atoms with Crippen molar-refractivity contribution in [1.82, 2.24) is 0 Å². The standard InChI is InChI=1S/C12H16Cl2N2OS/c1-2-18-5-3-4-11(17)16-12-9(14)6-8(13)7-10(12)15/h6-7H,2-5,15H2,1H3,(H,16,17). The largest absolute Gasteiger partial charge is 0.397 e. The minimum Gasteiger partial charge on any atom is -0.397 e. The molecule has 1 aromatic rings. The average molecular weight is 307 g/mol. The minimum atomic E-state index is -0.0809. The van der Waals surface area contributed by atoms with E-state index in [0.717, 1.165) is 17.9 Å². The summed E-state index contributed by atoms with van der Waals surface area (Å²) in [4.78, 5) is 11.7. The first kappa shape index (κ1) is 15.5. The van der Waals surface area contributed by atoms with Crippen molar-refractivity contribution < 1.29 is 4.79 Å². The molecule has 0 aliphatic rings. The first-order valence-corrected chi connectivity index (χ1v) is 7.57. The number of halogens is 2. The molecule has 100 valence electrons. The van der Waals surface area contributed by atoms with Crippen molar-refractivity contribution in [2.75, 3.05) is 22.6 Å². The summed E-state index contributed by atoms with van der Waals surface area (Å²) in [6.45, 7) is 2.10. The summed E-state index contributed by atoms with van der Waals surface area (Å²) < 4.78 is 0. The molecule has 3 nitrogen and oxygen atoms in total. The number of amides is 1. The number of anilines is 2. The van der Waals surface area contributed by atoms with Crippen LogP contribution >= 0.6 is 35.0 Å². The number of hydrogen-bond acceptors (Lipinski definition) is 3. The minimum absolute atomic E-state index is 0.0809. The molecular weight excluding hydrogens is 291 g/mol. The third-order valence-electron chi connectivity index (χ3n) is 2.25. The lowest BCUT2D eigenvalue weighted by Crippen LogP contribution is -2.13. The molecule has 6 heteroatoms. The molecule has 0 saturated carbocycles. The molecule has 0 radical (unpaired) electrons. The number of nitrogens with two attached hydrogens (primary N) is 1. The molecule has 18 heavy (non-hydrogen) atoms. The Hall–Kier alpha value is -0.580. The van der Waals surface area contributed by atoms with E-state index < -0.39 is 0 Å². The van der Waals surface area contributed by atoms with Crippen molar-refractivity contribution in [3.8, 4) is 0 Å². The van der Waals surface area contributed by atoms with E-state index >= 15 is 0 Å². The Kier molecular flexibility index (Phi) is 6.68. The van der Waals surface area contributed by atoms with Crippen molar-refractivity contribution in [2.24, 2.45) is 0 Å². The Morgan fingerprint density at radius 3 is 2.78 bits per heavy atom. The first-order valence-electron chi connectivity index (χ1n) is 5.66. The predicted molar refractivity (Wildman–Crippen MR) is 81.7 cm³/mol. The second-order valence-corrected chi connectivity index (χ2v) is 5.94. The van der Waals surface area contributed by atoms with E-state index in [0.29, 0.717) is 27.8 Å². The van der Waals surface area contributed by atoms with Gasteiger partial charge in [0.25, 0.3) is 0 Å². The zero-order chi connectivity index (χ0) is 13.5. The van der Waals surface area contributed by atoms with Gasteiger partial charge in [-0.25, -0.2) is 0 Å². The average Bonchev–Trinajstić information content (AvgIpc) is 2.29. The number of hydrogen-bond donors (Lipinski definition) is 2. The van der Waals surface area contributed by atoms with Gasteiger partial charge in [0.2, 0.25) is 5.91 Å². The Morgan fingerprint density at radius 2 is 2.17 bits per heavy atom. The fourth-order valence-electron chi connectivity index (χ4n) is 1.41. The van der Waals surface area contributed by atoms with Crippen LogP contribution in [0.2, 0.25) is 10.0 Å². The van der Waals surface area contributed by atoms with E-state index in [4.69, 9.17) is 28.9 Å². The number of rotatable bonds is 6. The second kappa shape index (κ2) is 7.77. The highest BCUT2D eigenvalue weighted by molar-refractivity contribution is 7.99. The van der Waals surface area contributed by atoms with Crippen LogP contribution in [0.25, 0.3) is 0 Å². The Morgan fingerprint density at radius 1 is 1.44 bits per heavy atom. The Balaban J connectivity index is 2.54. The zero-order valence-corrected chi connectivity index (χ0v) is 12.5. The monoisotopic (exact) mass is 306 g/mol. The van der Waals surface area contributed by atoms with Gasteiger partial charge in [0.15, 0.2) is 0 Å². The molecule has 1 aromatic carbocycles. The normalized spacial score (nSPS) is 10.4. The lowest BCUT2D eigenvalue weighted by molar-refractivity contribution is -0.116. The number of carbonyl (C=O) groups excluding carboxylic acids is 1. The molecule has 0 fully saturated rings. The van der Waals surface area contributed by atoms with Gasteiger partial charge in [0.05, 0.1) is 16.4 Å². The number of benzene rings is 1. The van der Waals surface area contributed by atoms with Crippen LogP contribution in [0.15, 0.2) is 12.1 Å². The van der Waals surface area contributed by atoms with E-state index in [2.05, 4.69) is 12.2 Å². The highest BCUT2D eigenvalue weighted by Gasteiger charge is 2.10. The highest BCUT2D eigenvalue weighted by Crippen LogP contribution is 2.32. The molecule has 0 heterocycles. The van der Waals surface area contributed by atoms with Gasteiger partial charge in [0, 0.05) is 11.4 Å². The van der Waals surface area contributed by atoms with Crippen LogP contribution in [-0.2, 0) is 4.79 Å². The topological polar surface area (TPSA) is 55.1 Å². The second-order valence-electron chi connectivity index (χ2n) is 3.70. The number of carbonyl (C=O) groups is 1. The van der Waals surface area contributed by atoms with Crippen LogP contribution in [0.1, 0.15) is 19.8 Å². The van der Waals surface area contributed by atoms with Gasteiger partial charge in [0.1, 0.15) is 0 Å². The summed E-state index contributed by atoms with van der Waals surface area (Å²) in [5, 5.41) is 3.53. The maximum absolute atomic E-state index is 11.7. The highest BCUT2D eigenvalue weighted by atomic mass is 35.5. The van der Waals surface area contributed by atoms with Crippen LogP contribution < -0.4 is 11.1 Å². The molecule has 0 bridgehead atoms. The fourth-order valence-corrected chi connectivity index (χ4v) is 2.60. The molecule has 0 spiro atoms. The summed E-state index contributed by atoms with van der Waals surface area (Å²) in [5.41, 5.74) is 6.58. The van der Waals surface area contributed by atoms with Gasteiger partial charge in [-0.1, -0.05) is 30.1 Å². The summed E-state index contributed by atoms with van der Waals surface area (Å²) in [5.74, 6) is 1.97. The van der Waals surface area contributed by atoms with Gasteiger partial charge >= 0.3 is 0 Å². The lowest BCUT2D eigenvalue weighted by atomic mass is 10.2. The molecular formula is C12H16Cl2N2OS. The van der Waals surface area contributed by atoms with Crippen molar-refractivity contribution in [1.29, 1.82) is 0 Å². The summed E-state index contributed by atoms with van der Waals surface area (Å²) in [6, 6.07) is 3.12. The number of thioether (sulfide) groups is 1. The smallest absolute Gasteiger partial charge is 0.224 e. The van der Waals surface area contributed by atoms with Crippen molar-refractivity contribution in [2.45, 2.75) is 19.8 Å². The van der Waals surface area contributed by atoms with Gasteiger partial charge in [-0.15, -0.1) is 0 Å². The SMILES string of the molecule is CCSCCCC(=O)Nc1c(N)cc(Cl)cc1Cl. The number of nitrogens with one attached hydrogen (secondary N) is 1. The van der Waals surface area contributed by atoms with Gasteiger partial charge in [-0.2, -0.15) is 11.8 Å². The lowest BCUT2D eigenvalue weighted by Gasteiger charge is -2.10. The molecule has 0 saturated heterocycles. The first-order chi connectivity index (χ1) is 8.54. The van der Waals surface area contributed by atoms with Crippen LogP contribution in [-0.4, -0.2) is 17.4 Å². The molecule has 0 unspecified atom stereocenters. The summed E-state index contributed by atoms with van der Waals surface area (Å²) >= 11 is 13.6. The molecule has 0 aliphatic carbocycles. The van der Waals surface area contributed by atoms with E-state index in [9.17, 15) is 4.79 Å². The molecule has 0 aliphatic heterocycles. The molecule has 1 rings (SSSR count). The number of nitrogen functional groups attached to an aromatic ring is 1. The Labute approximate surface area is 121 Å². The van der Waals surface area contributed by atoms with Gasteiger partial charge in [-0.05, 0) is 30.1 Å². The molecule has 1 amide bonds. The van der Waals surface area contributed by atoms with E-state index in [1.54, 1.807) is 12.1 Å². The predicted octanol–water partition coefficient (Wildman–Crippen LogP) is 4.05. The van der Waals surface area contributed by atoms with Crippen molar-refractivity contribution in [3.63, 3.8) is 0 Å².